The van der Waals surface area contributed by atoms with Crippen LogP contribution in [0.4, 0.5) is 18.9 Å². The van der Waals surface area contributed by atoms with E-state index in [9.17, 15) is 31.2 Å². The number of carbonyl (C=O) groups excluding carboxylic acids is 2. The third-order valence-electron chi connectivity index (χ3n) is 4.83. The largest absolute Gasteiger partial charge is 0.490 e. The number of carboxylic acids is 1. The fraction of sp³-hybridized carbons (Fsp3) is 0.550. The SMILES string of the molecule is CCC(C)NC(=O)C1CCN(C(=O)c2ccc(NS(C)(=O)=O)cc2)CC1.O=C(O)C(F)(F)F. The molecular formula is C20H28F3N3O6S. The molecule has 3 N–H and O–H groups in total. The minimum absolute atomic E-state index is 0.0469. The van der Waals surface area contributed by atoms with Gasteiger partial charge in [0.05, 0.1) is 6.26 Å². The molecule has 0 spiro atoms. The lowest BCUT2D eigenvalue weighted by molar-refractivity contribution is -0.192. The normalized spacial score (nSPS) is 15.6. The molecule has 1 fully saturated rings. The molecule has 0 saturated carbocycles. The summed E-state index contributed by atoms with van der Waals surface area (Å²) in [6, 6.07) is 6.53. The van der Waals surface area contributed by atoms with Gasteiger partial charge in [-0.3, -0.25) is 14.3 Å². The first-order valence-electron chi connectivity index (χ1n) is 10.1. The minimum Gasteiger partial charge on any atom is -0.475 e. The number of carboxylic acid groups (broad SMARTS) is 1. The summed E-state index contributed by atoms with van der Waals surface area (Å²) in [6.07, 6.45) is -1.80. The number of benzene rings is 1. The van der Waals surface area contributed by atoms with Gasteiger partial charge in [-0.15, -0.1) is 0 Å². The fourth-order valence-electron chi connectivity index (χ4n) is 2.89. The van der Waals surface area contributed by atoms with E-state index in [0.717, 1.165) is 12.7 Å². The maximum Gasteiger partial charge on any atom is 0.490 e. The predicted octanol–water partition coefficient (Wildman–Crippen LogP) is 2.46. The van der Waals surface area contributed by atoms with Gasteiger partial charge in [0.15, 0.2) is 0 Å². The Morgan fingerprint density at radius 2 is 1.64 bits per heavy atom. The average Bonchev–Trinajstić information content (AvgIpc) is 2.72. The molecule has 1 aromatic carbocycles. The molecule has 1 aliphatic rings. The Balaban J connectivity index is 0.000000675. The first kappa shape index (κ1) is 28.2. The van der Waals surface area contributed by atoms with Crippen LogP contribution in [0.15, 0.2) is 24.3 Å². The Morgan fingerprint density at radius 1 is 1.15 bits per heavy atom. The van der Waals surface area contributed by atoms with Gasteiger partial charge in [0, 0.05) is 36.3 Å². The number of alkyl halides is 3. The molecule has 1 aromatic rings. The van der Waals surface area contributed by atoms with Crippen LogP contribution in [0.2, 0.25) is 0 Å². The van der Waals surface area contributed by atoms with Crippen molar-refractivity contribution < 1.29 is 41.1 Å². The van der Waals surface area contributed by atoms with E-state index in [1.807, 2.05) is 13.8 Å². The van der Waals surface area contributed by atoms with E-state index < -0.39 is 22.2 Å². The van der Waals surface area contributed by atoms with Crippen molar-refractivity contribution in [1.29, 1.82) is 0 Å². The average molecular weight is 496 g/mol. The topological polar surface area (TPSA) is 133 Å². The number of rotatable bonds is 6. The maximum atomic E-state index is 12.6. The first-order valence-corrected chi connectivity index (χ1v) is 12.0. The standard InChI is InChI=1S/C18H27N3O4S.C2HF3O2/c1-4-13(2)19-17(22)14-9-11-21(12-10-14)18(23)15-5-7-16(8-6-15)20-26(3,24)25;3-2(4,5)1(6)7/h5-8,13-14,20H,4,9-12H2,1-3H3,(H,19,22);(H,6,7). The quantitative estimate of drug-likeness (QED) is 0.555. The Morgan fingerprint density at radius 3 is 2.03 bits per heavy atom. The van der Waals surface area contributed by atoms with Crippen LogP contribution in [0.25, 0.3) is 0 Å². The number of nitrogens with zero attached hydrogens (tertiary/aromatic N) is 1. The molecule has 186 valence electrons. The van der Waals surface area contributed by atoms with Crippen molar-refractivity contribution in [3.05, 3.63) is 29.8 Å². The zero-order valence-corrected chi connectivity index (χ0v) is 19.3. The van der Waals surface area contributed by atoms with Crippen molar-refractivity contribution in [3.63, 3.8) is 0 Å². The first-order chi connectivity index (χ1) is 15.1. The lowest BCUT2D eigenvalue weighted by Crippen LogP contribution is -2.44. The van der Waals surface area contributed by atoms with Crippen molar-refractivity contribution in [2.24, 2.45) is 5.92 Å². The van der Waals surface area contributed by atoms with Crippen LogP contribution in [0.5, 0.6) is 0 Å². The highest BCUT2D eigenvalue weighted by atomic mass is 32.2. The van der Waals surface area contributed by atoms with Crippen LogP contribution in [-0.2, 0) is 19.6 Å². The van der Waals surface area contributed by atoms with Gasteiger partial charge in [0.1, 0.15) is 0 Å². The van der Waals surface area contributed by atoms with Gasteiger partial charge in [-0.25, -0.2) is 13.2 Å². The van der Waals surface area contributed by atoms with Crippen molar-refractivity contribution in [2.75, 3.05) is 24.1 Å². The molecule has 33 heavy (non-hydrogen) atoms. The summed E-state index contributed by atoms with van der Waals surface area (Å²) in [5.74, 6) is -2.83. The maximum absolute atomic E-state index is 12.6. The summed E-state index contributed by atoms with van der Waals surface area (Å²) in [7, 11) is -3.34. The van der Waals surface area contributed by atoms with Crippen LogP contribution in [0.3, 0.4) is 0 Å². The Kier molecular flexibility index (Phi) is 10.1. The minimum atomic E-state index is -5.08. The second-order valence-corrected chi connectivity index (χ2v) is 9.39. The lowest BCUT2D eigenvalue weighted by atomic mass is 9.95. The monoisotopic (exact) mass is 495 g/mol. The summed E-state index contributed by atoms with van der Waals surface area (Å²) in [6.45, 7) is 5.10. The van der Waals surface area contributed by atoms with E-state index in [0.29, 0.717) is 37.2 Å². The number of amides is 2. The zero-order chi connectivity index (χ0) is 25.4. The number of aliphatic carboxylic acids is 1. The van der Waals surface area contributed by atoms with E-state index in [-0.39, 0.29) is 23.8 Å². The van der Waals surface area contributed by atoms with E-state index in [4.69, 9.17) is 9.90 Å². The number of anilines is 1. The van der Waals surface area contributed by atoms with E-state index in [2.05, 4.69) is 10.0 Å². The number of hydrogen-bond donors (Lipinski definition) is 3. The van der Waals surface area contributed by atoms with Gasteiger partial charge in [-0.1, -0.05) is 6.92 Å². The third kappa shape index (κ3) is 10.1. The number of halogens is 3. The molecule has 13 heteroatoms. The summed E-state index contributed by atoms with van der Waals surface area (Å²) >= 11 is 0. The molecular weight excluding hydrogens is 467 g/mol. The summed E-state index contributed by atoms with van der Waals surface area (Å²) in [4.78, 5) is 35.4. The Bertz CT molecular complexity index is 927. The molecule has 1 atom stereocenters. The van der Waals surface area contributed by atoms with Crippen LogP contribution < -0.4 is 10.0 Å². The number of hydrogen-bond acceptors (Lipinski definition) is 5. The van der Waals surface area contributed by atoms with E-state index >= 15 is 0 Å². The third-order valence-corrected chi connectivity index (χ3v) is 5.44. The molecule has 1 unspecified atom stereocenters. The zero-order valence-electron chi connectivity index (χ0n) is 18.5. The van der Waals surface area contributed by atoms with Gasteiger partial charge in [-0.05, 0) is 50.5 Å². The van der Waals surface area contributed by atoms with E-state index in [1.54, 1.807) is 29.2 Å². The van der Waals surface area contributed by atoms with Gasteiger partial charge >= 0.3 is 12.1 Å². The molecule has 2 amide bonds. The second kappa shape index (κ2) is 11.9. The van der Waals surface area contributed by atoms with E-state index in [1.165, 1.54) is 0 Å². The molecule has 1 saturated heterocycles. The molecule has 2 rings (SSSR count). The molecule has 9 nitrogen and oxygen atoms in total. The van der Waals surface area contributed by atoms with Crippen LogP contribution in [0.1, 0.15) is 43.5 Å². The number of nitrogens with one attached hydrogen (secondary N) is 2. The summed E-state index contributed by atoms with van der Waals surface area (Å²) < 4.78 is 56.5. The smallest absolute Gasteiger partial charge is 0.475 e. The van der Waals surface area contributed by atoms with Gasteiger partial charge < -0.3 is 15.3 Å². The highest BCUT2D eigenvalue weighted by Crippen LogP contribution is 2.20. The number of likely N-dealkylation sites (tertiary alicyclic amines) is 1. The molecule has 0 bridgehead atoms. The molecule has 1 aliphatic heterocycles. The number of carbonyl (C=O) groups is 3. The van der Waals surface area contributed by atoms with Gasteiger partial charge in [0.25, 0.3) is 5.91 Å². The van der Waals surface area contributed by atoms with Crippen LogP contribution >= 0.6 is 0 Å². The highest BCUT2D eigenvalue weighted by molar-refractivity contribution is 7.92. The predicted molar refractivity (Wildman–Crippen MR) is 115 cm³/mol. The van der Waals surface area contributed by atoms with Gasteiger partial charge in [-0.2, -0.15) is 13.2 Å². The number of piperidine rings is 1. The fourth-order valence-corrected chi connectivity index (χ4v) is 3.45. The molecule has 1 heterocycles. The van der Waals surface area contributed by atoms with Crippen LogP contribution in [-0.4, -0.2) is 67.8 Å². The molecule has 0 radical (unpaired) electrons. The number of sulfonamides is 1. The summed E-state index contributed by atoms with van der Waals surface area (Å²) in [5, 5.41) is 10.1. The van der Waals surface area contributed by atoms with Crippen LogP contribution in [0, 0.1) is 5.92 Å². The van der Waals surface area contributed by atoms with Gasteiger partial charge in [0.2, 0.25) is 15.9 Å². The molecule has 0 aromatic heterocycles. The van der Waals surface area contributed by atoms with Crippen molar-refractivity contribution >= 4 is 33.5 Å². The Labute approximate surface area is 190 Å². The van der Waals surface area contributed by atoms with Crippen molar-refractivity contribution in [3.8, 4) is 0 Å². The van der Waals surface area contributed by atoms with Crippen molar-refractivity contribution in [2.45, 2.75) is 45.3 Å². The summed E-state index contributed by atoms with van der Waals surface area (Å²) in [5.41, 5.74) is 0.927. The Hall–Kier alpha value is -2.83. The highest BCUT2D eigenvalue weighted by Gasteiger charge is 2.38. The lowest BCUT2D eigenvalue weighted by Gasteiger charge is -2.32. The van der Waals surface area contributed by atoms with Crippen molar-refractivity contribution in [1.82, 2.24) is 10.2 Å². The molecule has 0 aliphatic carbocycles. The second-order valence-electron chi connectivity index (χ2n) is 7.64.